The highest BCUT2D eigenvalue weighted by Crippen LogP contribution is 2.45. The van der Waals surface area contributed by atoms with E-state index in [1.807, 2.05) is 55.5 Å². The fourth-order valence-corrected chi connectivity index (χ4v) is 3.90. The Bertz CT molecular complexity index is 1130. The summed E-state index contributed by atoms with van der Waals surface area (Å²) in [6.45, 7) is 2.06. The molecule has 28 heavy (non-hydrogen) atoms. The zero-order valence-corrected chi connectivity index (χ0v) is 15.0. The zero-order chi connectivity index (χ0) is 19.3. The highest BCUT2D eigenvalue weighted by Gasteiger charge is 2.41. The lowest BCUT2D eigenvalue weighted by Gasteiger charge is -2.28. The molecule has 0 bridgehead atoms. The number of para-hydroxylation sites is 1. The third-order valence-corrected chi connectivity index (χ3v) is 5.17. The molecule has 1 amide bonds. The summed E-state index contributed by atoms with van der Waals surface area (Å²) < 4.78 is 12.6. The number of fused-ring (bicyclic) bond motifs is 2. The molecule has 2 aliphatic rings. The lowest BCUT2D eigenvalue weighted by atomic mass is 9.78. The smallest absolute Gasteiger partial charge is 0.243 e. The van der Waals surface area contributed by atoms with E-state index in [1.54, 1.807) is 4.68 Å². The standard InChI is InChI=1S/C21H16N4O3/c1-12-18-19(13-7-8-16-17(9-13)28-11-27-16)15(10-22)21(26)23-20(18)25(24-12)14-5-3-2-4-6-14/h2-9,15,19H,11H2,1H3,(H,23,26)/t15-,19-/m0/s1. The normalized spacial score (nSPS) is 19.6. The van der Waals surface area contributed by atoms with Crippen LogP contribution in [0.3, 0.4) is 0 Å². The van der Waals surface area contributed by atoms with Crippen LogP contribution in [0, 0.1) is 24.2 Å². The van der Waals surface area contributed by atoms with Crippen LogP contribution in [0.1, 0.15) is 22.7 Å². The molecule has 0 saturated carbocycles. The number of aryl methyl sites for hydroxylation is 1. The summed E-state index contributed by atoms with van der Waals surface area (Å²) in [4.78, 5) is 12.8. The average Bonchev–Trinajstić information content (AvgIpc) is 3.31. The molecule has 0 radical (unpaired) electrons. The van der Waals surface area contributed by atoms with Crippen LogP contribution in [0.15, 0.2) is 48.5 Å². The Morgan fingerprint density at radius 2 is 1.96 bits per heavy atom. The van der Waals surface area contributed by atoms with Crippen LogP contribution in [0.25, 0.3) is 5.69 Å². The van der Waals surface area contributed by atoms with E-state index in [0.29, 0.717) is 17.3 Å². The van der Waals surface area contributed by atoms with Crippen LogP contribution in [-0.4, -0.2) is 22.5 Å². The molecule has 2 atom stereocenters. The molecule has 3 aromatic rings. The third kappa shape index (κ3) is 2.35. The monoisotopic (exact) mass is 372 g/mol. The molecule has 0 unspecified atom stereocenters. The lowest BCUT2D eigenvalue weighted by molar-refractivity contribution is -0.119. The van der Waals surface area contributed by atoms with Crippen molar-refractivity contribution in [2.75, 3.05) is 12.1 Å². The number of nitrogens with one attached hydrogen (secondary N) is 1. The summed E-state index contributed by atoms with van der Waals surface area (Å²) in [5, 5.41) is 17.3. The molecule has 7 nitrogen and oxygen atoms in total. The van der Waals surface area contributed by atoms with Gasteiger partial charge in [-0.2, -0.15) is 10.4 Å². The molecule has 0 aliphatic carbocycles. The maximum Gasteiger partial charge on any atom is 0.243 e. The number of anilines is 1. The minimum atomic E-state index is -0.861. The van der Waals surface area contributed by atoms with Crippen molar-refractivity contribution in [2.24, 2.45) is 5.92 Å². The van der Waals surface area contributed by atoms with Gasteiger partial charge in [0.05, 0.1) is 17.5 Å². The van der Waals surface area contributed by atoms with E-state index < -0.39 is 11.8 Å². The Kier molecular flexibility index (Phi) is 3.59. The zero-order valence-electron chi connectivity index (χ0n) is 15.0. The van der Waals surface area contributed by atoms with Crippen LogP contribution in [0.5, 0.6) is 11.5 Å². The summed E-state index contributed by atoms with van der Waals surface area (Å²) >= 11 is 0. The van der Waals surface area contributed by atoms with E-state index in [0.717, 1.165) is 22.5 Å². The summed E-state index contributed by atoms with van der Waals surface area (Å²) in [7, 11) is 0. The molecule has 2 aromatic carbocycles. The number of carbonyl (C=O) groups excluding carboxylic acids is 1. The number of hydrogen-bond donors (Lipinski definition) is 1. The molecule has 1 aromatic heterocycles. The van der Waals surface area contributed by atoms with Gasteiger partial charge in [-0.15, -0.1) is 0 Å². The number of rotatable bonds is 2. The molecule has 1 N–H and O–H groups in total. The van der Waals surface area contributed by atoms with Gasteiger partial charge in [-0.1, -0.05) is 24.3 Å². The minimum Gasteiger partial charge on any atom is -0.454 e. The first-order chi connectivity index (χ1) is 13.7. The van der Waals surface area contributed by atoms with Crippen molar-refractivity contribution in [3.63, 3.8) is 0 Å². The van der Waals surface area contributed by atoms with Crippen molar-refractivity contribution in [3.8, 4) is 23.3 Å². The van der Waals surface area contributed by atoms with E-state index in [1.165, 1.54) is 0 Å². The Morgan fingerprint density at radius 3 is 2.75 bits per heavy atom. The van der Waals surface area contributed by atoms with Crippen LogP contribution in [-0.2, 0) is 4.79 Å². The summed E-state index contributed by atoms with van der Waals surface area (Å²) in [6.07, 6.45) is 0. The maximum absolute atomic E-state index is 12.8. The highest BCUT2D eigenvalue weighted by atomic mass is 16.7. The van der Waals surface area contributed by atoms with Gasteiger partial charge >= 0.3 is 0 Å². The number of carbonyl (C=O) groups is 1. The van der Waals surface area contributed by atoms with Crippen molar-refractivity contribution in [1.29, 1.82) is 5.26 Å². The summed E-state index contributed by atoms with van der Waals surface area (Å²) in [5.41, 5.74) is 3.27. The number of benzene rings is 2. The van der Waals surface area contributed by atoms with Crippen LogP contribution < -0.4 is 14.8 Å². The summed E-state index contributed by atoms with van der Waals surface area (Å²) in [6, 6.07) is 17.3. The SMILES string of the molecule is Cc1nn(-c2ccccc2)c2c1[C@@H](c1ccc3c(c1)OCO3)[C@H](C#N)C(=O)N2. The largest absolute Gasteiger partial charge is 0.454 e. The number of ether oxygens (including phenoxy) is 2. The van der Waals surface area contributed by atoms with Crippen LogP contribution in [0.4, 0.5) is 5.82 Å². The Labute approximate surface area is 161 Å². The van der Waals surface area contributed by atoms with Gasteiger partial charge in [0, 0.05) is 11.5 Å². The summed E-state index contributed by atoms with van der Waals surface area (Å²) in [5.74, 6) is 0.239. The topological polar surface area (TPSA) is 89.2 Å². The van der Waals surface area contributed by atoms with Gasteiger partial charge in [-0.05, 0) is 36.8 Å². The molecule has 0 fully saturated rings. The van der Waals surface area contributed by atoms with Gasteiger partial charge in [0.25, 0.3) is 0 Å². The number of aromatic nitrogens is 2. The Balaban J connectivity index is 1.71. The fraction of sp³-hybridized carbons (Fsp3) is 0.190. The molecular formula is C21H16N4O3. The quantitative estimate of drug-likeness (QED) is 0.746. The molecule has 0 spiro atoms. The molecule has 5 rings (SSSR count). The Hall–Kier alpha value is -3.79. The van der Waals surface area contributed by atoms with E-state index >= 15 is 0 Å². The maximum atomic E-state index is 12.8. The minimum absolute atomic E-state index is 0.168. The fourth-order valence-electron chi connectivity index (χ4n) is 3.90. The van der Waals surface area contributed by atoms with Crippen LogP contribution in [0.2, 0.25) is 0 Å². The molecular weight excluding hydrogens is 356 g/mol. The van der Waals surface area contributed by atoms with Gasteiger partial charge in [-0.3, -0.25) is 4.79 Å². The molecule has 3 heterocycles. The molecule has 138 valence electrons. The average molecular weight is 372 g/mol. The number of hydrogen-bond acceptors (Lipinski definition) is 5. The second-order valence-electron chi connectivity index (χ2n) is 6.78. The van der Waals surface area contributed by atoms with Crippen molar-refractivity contribution >= 4 is 11.7 Å². The molecule has 0 saturated heterocycles. The Morgan fingerprint density at radius 1 is 1.18 bits per heavy atom. The number of amides is 1. The first-order valence-electron chi connectivity index (χ1n) is 8.92. The van der Waals surface area contributed by atoms with Crippen LogP contribution >= 0.6 is 0 Å². The second-order valence-corrected chi connectivity index (χ2v) is 6.78. The molecule has 7 heteroatoms. The first kappa shape index (κ1) is 16.4. The predicted molar refractivity (Wildman–Crippen MR) is 100 cm³/mol. The lowest BCUT2D eigenvalue weighted by Crippen LogP contribution is -2.34. The van der Waals surface area contributed by atoms with Crippen molar-refractivity contribution in [1.82, 2.24) is 9.78 Å². The van der Waals surface area contributed by atoms with Crippen molar-refractivity contribution in [3.05, 3.63) is 65.4 Å². The van der Waals surface area contributed by atoms with E-state index in [4.69, 9.17) is 9.47 Å². The number of nitrogens with zero attached hydrogens (tertiary/aromatic N) is 3. The van der Waals surface area contributed by atoms with Gasteiger partial charge in [0.15, 0.2) is 11.5 Å². The van der Waals surface area contributed by atoms with E-state index in [-0.39, 0.29) is 12.7 Å². The van der Waals surface area contributed by atoms with E-state index in [9.17, 15) is 10.1 Å². The van der Waals surface area contributed by atoms with Gasteiger partial charge < -0.3 is 14.8 Å². The molecule has 2 aliphatic heterocycles. The predicted octanol–water partition coefficient (Wildman–Crippen LogP) is 3.13. The van der Waals surface area contributed by atoms with Gasteiger partial charge in [-0.25, -0.2) is 4.68 Å². The second kappa shape index (κ2) is 6.13. The highest BCUT2D eigenvalue weighted by molar-refractivity contribution is 5.98. The number of nitriles is 1. The van der Waals surface area contributed by atoms with E-state index in [2.05, 4.69) is 16.5 Å². The van der Waals surface area contributed by atoms with Gasteiger partial charge in [0.2, 0.25) is 12.7 Å². The van der Waals surface area contributed by atoms with Crippen molar-refractivity contribution < 1.29 is 14.3 Å². The van der Waals surface area contributed by atoms with Crippen molar-refractivity contribution in [2.45, 2.75) is 12.8 Å². The first-order valence-corrected chi connectivity index (χ1v) is 8.92. The van der Waals surface area contributed by atoms with Gasteiger partial charge in [0.1, 0.15) is 11.7 Å². The third-order valence-electron chi connectivity index (χ3n) is 5.17.